The smallest absolute Gasteiger partial charge is 0.357 e. The lowest BCUT2D eigenvalue weighted by Crippen LogP contribution is -2.08. The van der Waals surface area contributed by atoms with Crippen LogP contribution in [0.25, 0.3) is 11.5 Å². The molecule has 2 aromatic rings. The predicted octanol–water partition coefficient (Wildman–Crippen LogP) is 2.37. The van der Waals surface area contributed by atoms with Crippen LogP contribution in [0.3, 0.4) is 0 Å². The van der Waals surface area contributed by atoms with Crippen LogP contribution in [0.5, 0.6) is 0 Å². The zero-order chi connectivity index (χ0) is 13.0. The molecule has 0 N–H and O–H groups in total. The number of hydrogen-bond acceptors (Lipinski definition) is 5. The molecule has 0 radical (unpaired) electrons. The lowest BCUT2D eigenvalue weighted by Gasteiger charge is -2.04. The van der Waals surface area contributed by atoms with Gasteiger partial charge in [0, 0.05) is 12.4 Å². The third-order valence-electron chi connectivity index (χ3n) is 2.11. The fourth-order valence-corrected chi connectivity index (χ4v) is 1.55. The van der Waals surface area contributed by atoms with E-state index in [9.17, 15) is 4.79 Å². The molecule has 0 fully saturated rings. The van der Waals surface area contributed by atoms with Gasteiger partial charge in [-0.1, -0.05) is 11.6 Å². The molecule has 2 rings (SSSR count). The van der Waals surface area contributed by atoms with Crippen LogP contribution in [0.2, 0.25) is 5.02 Å². The third kappa shape index (κ3) is 2.62. The largest absolute Gasteiger partial charge is 0.461 e. The van der Waals surface area contributed by atoms with Crippen molar-refractivity contribution in [3.8, 4) is 11.5 Å². The second-order valence-corrected chi connectivity index (χ2v) is 3.73. The van der Waals surface area contributed by atoms with E-state index in [0.29, 0.717) is 23.1 Å². The zero-order valence-corrected chi connectivity index (χ0v) is 10.4. The van der Waals surface area contributed by atoms with Crippen molar-refractivity contribution in [1.29, 1.82) is 0 Å². The molecule has 0 unspecified atom stereocenters. The van der Waals surface area contributed by atoms with Gasteiger partial charge in [0.1, 0.15) is 5.69 Å². The molecule has 18 heavy (non-hydrogen) atoms. The summed E-state index contributed by atoms with van der Waals surface area (Å²) in [6.45, 7) is 2.03. The second kappa shape index (κ2) is 5.55. The Morgan fingerprint density at radius 3 is 2.89 bits per heavy atom. The van der Waals surface area contributed by atoms with Crippen LogP contribution in [0.1, 0.15) is 17.4 Å². The average molecular weight is 264 g/mol. The first kappa shape index (κ1) is 12.4. The van der Waals surface area contributed by atoms with Gasteiger partial charge in [0.15, 0.2) is 11.5 Å². The lowest BCUT2D eigenvalue weighted by molar-refractivity contribution is 0.0519. The monoisotopic (exact) mass is 263 g/mol. The number of nitrogens with zero attached hydrogens (tertiary/aromatic N) is 3. The van der Waals surface area contributed by atoms with Gasteiger partial charge in [-0.05, 0) is 25.1 Å². The molecule has 0 aliphatic heterocycles. The van der Waals surface area contributed by atoms with E-state index >= 15 is 0 Å². The van der Waals surface area contributed by atoms with Crippen LogP contribution >= 0.6 is 11.6 Å². The fraction of sp³-hybridized carbons (Fsp3) is 0.167. The molecule has 0 saturated heterocycles. The number of esters is 1. The number of carbonyl (C=O) groups excluding carboxylic acids is 1. The summed E-state index contributed by atoms with van der Waals surface area (Å²) < 4.78 is 4.87. The molecule has 5 nitrogen and oxygen atoms in total. The van der Waals surface area contributed by atoms with Crippen molar-refractivity contribution in [2.45, 2.75) is 6.92 Å². The molecule has 0 amide bonds. The summed E-state index contributed by atoms with van der Waals surface area (Å²) in [6, 6.07) is 4.88. The average Bonchev–Trinajstić information content (AvgIpc) is 2.40. The van der Waals surface area contributed by atoms with Crippen LogP contribution in [0, 0.1) is 0 Å². The topological polar surface area (TPSA) is 65.0 Å². The van der Waals surface area contributed by atoms with Crippen molar-refractivity contribution in [1.82, 2.24) is 15.0 Å². The molecular weight excluding hydrogens is 254 g/mol. The summed E-state index contributed by atoms with van der Waals surface area (Å²) in [7, 11) is 0. The summed E-state index contributed by atoms with van der Waals surface area (Å²) in [5.74, 6) is -0.195. The van der Waals surface area contributed by atoms with E-state index in [4.69, 9.17) is 16.3 Å². The number of rotatable bonds is 3. The quantitative estimate of drug-likeness (QED) is 0.796. The molecule has 0 saturated carbocycles. The van der Waals surface area contributed by atoms with Gasteiger partial charge in [-0.3, -0.25) is 4.98 Å². The van der Waals surface area contributed by atoms with Crippen LogP contribution in [0.15, 0.2) is 30.6 Å². The molecule has 0 aliphatic carbocycles. The molecular formula is C12H10ClN3O2. The van der Waals surface area contributed by atoms with Crippen molar-refractivity contribution in [2.24, 2.45) is 0 Å². The zero-order valence-electron chi connectivity index (χ0n) is 9.63. The van der Waals surface area contributed by atoms with Crippen molar-refractivity contribution in [3.63, 3.8) is 0 Å². The van der Waals surface area contributed by atoms with Gasteiger partial charge in [0.25, 0.3) is 0 Å². The Bertz CT molecular complexity index is 575. The molecule has 0 bridgehead atoms. The summed E-state index contributed by atoms with van der Waals surface area (Å²) in [4.78, 5) is 23.8. The van der Waals surface area contributed by atoms with Crippen molar-refractivity contribution in [2.75, 3.05) is 6.61 Å². The fourth-order valence-electron chi connectivity index (χ4n) is 1.34. The SMILES string of the molecule is CCOC(=O)c1ccnc(-c2ncccc2Cl)n1. The Balaban J connectivity index is 2.39. The number of hydrogen-bond donors (Lipinski definition) is 0. The van der Waals surface area contributed by atoms with Crippen LogP contribution in [-0.2, 0) is 4.74 Å². The minimum atomic E-state index is -0.492. The van der Waals surface area contributed by atoms with Gasteiger partial charge < -0.3 is 4.74 Å². The molecule has 92 valence electrons. The number of carbonyl (C=O) groups is 1. The Morgan fingerprint density at radius 1 is 1.33 bits per heavy atom. The second-order valence-electron chi connectivity index (χ2n) is 3.32. The summed E-state index contributed by atoms with van der Waals surface area (Å²) in [5, 5.41) is 0.429. The number of aromatic nitrogens is 3. The highest BCUT2D eigenvalue weighted by Crippen LogP contribution is 2.21. The number of ether oxygens (including phenoxy) is 1. The first-order valence-corrected chi connectivity index (χ1v) is 5.71. The molecule has 2 heterocycles. The molecule has 0 aliphatic rings. The van der Waals surface area contributed by atoms with Gasteiger partial charge >= 0.3 is 5.97 Å². The first-order chi connectivity index (χ1) is 8.72. The van der Waals surface area contributed by atoms with Crippen LogP contribution in [-0.4, -0.2) is 27.5 Å². The maximum absolute atomic E-state index is 11.5. The summed E-state index contributed by atoms with van der Waals surface area (Å²) in [6.07, 6.45) is 3.06. The minimum absolute atomic E-state index is 0.184. The predicted molar refractivity (Wildman–Crippen MR) is 66.2 cm³/mol. The normalized spacial score (nSPS) is 10.1. The van der Waals surface area contributed by atoms with E-state index in [0.717, 1.165) is 0 Å². The third-order valence-corrected chi connectivity index (χ3v) is 2.42. The highest BCUT2D eigenvalue weighted by atomic mass is 35.5. The van der Waals surface area contributed by atoms with Gasteiger partial charge in [0.05, 0.1) is 11.6 Å². The van der Waals surface area contributed by atoms with Crippen molar-refractivity contribution < 1.29 is 9.53 Å². The molecule has 2 aromatic heterocycles. The van der Waals surface area contributed by atoms with Gasteiger partial charge in [-0.2, -0.15) is 0 Å². The summed E-state index contributed by atoms with van der Waals surface area (Å²) in [5.41, 5.74) is 0.619. The maximum atomic E-state index is 11.5. The van der Waals surface area contributed by atoms with Crippen LogP contribution < -0.4 is 0 Å². The van der Waals surface area contributed by atoms with Crippen LogP contribution in [0.4, 0.5) is 0 Å². The van der Waals surface area contributed by atoms with E-state index < -0.39 is 5.97 Å². The molecule has 6 heteroatoms. The van der Waals surface area contributed by atoms with E-state index in [2.05, 4.69) is 15.0 Å². The van der Waals surface area contributed by atoms with Crippen molar-refractivity contribution >= 4 is 17.6 Å². The Labute approximate surface area is 109 Å². The summed E-state index contributed by atoms with van der Waals surface area (Å²) >= 11 is 5.99. The van der Waals surface area contributed by atoms with E-state index in [1.54, 1.807) is 25.3 Å². The van der Waals surface area contributed by atoms with E-state index in [-0.39, 0.29) is 5.69 Å². The molecule has 0 aromatic carbocycles. The van der Waals surface area contributed by atoms with Gasteiger partial charge in [-0.15, -0.1) is 0 Å². The lowest BCUT2D eigenvalue weighted by atomic mass is 10.3. The molecule has 0 spiro atoms. The van der Waals surface area contributed by atoms with Gasteiger partial charge in [-0.25, -0.2) is 14.8 Å². The Hall–Kier alpha value is -2.01. The maximum Gasteiger partial charge on any atom is 0.357 e. The van der Waals surface area contributed by atoms with E-state index in [1.807, 2.05) is 0 Å². The Kier molecular flexibility index (Phi) is 3.84. The number of halogens is 1. The van der Waals surface area contributed by atoms with Gasteiger partial charge in [0.2, 0.25) is 0 Å². The highest BCUT2D eigenvalue weighted by Gasteiger charge is 2.12. The standard InChI is InChI=1S/C12H10ClN3O2/c1-2-18-12(17)9-5-7-15-11(16-9)10-8(13)4-3-6-14-10/h3-7H,2H2,1H3. The van der Waals surface area contributed by atoms with E-state index in [1.165, 1.54) is 12.3 Å². The van der Waals surface area contributed by atoms with Crippen molar-refractivity contribution in [3.05, 3.63) is 41.3 Å². The number of pyridine rings is 1. The molecule has 0 atom stereocenters. The Morgan fingerprint density at radius 2 is 2.17 bits per heavy atom. The first-order valence-electron chi connectivity index (χ1n) is 5.33. The minimum Gasteiger partial charge on any atom is -0.461 e. The highest BCUT2D eigenvalue weighted by molar-refractivity contribution is 6.32.